The van der Waals surface area contributed by atoms with Gasteiger partial charge in [0.15, 0.2) is 0 Å². The van der Waals surface area contributed by atoms with Gasteiger partial charge in [0.25, 0.3) is 0 Å². The summed E-state index contributed by atoms with van der Waals surface area (Å²) in [5.41, 5.74) is 0. The first kappa shape index (κ1) is 13.8. The van der Waals surface area contributed by atoms with Crippen molar-refractivity contribution in [1.29, 1.82) is 0 Å². The van der Waals surface area contributed by atoms with E-state index in [4.69, 9.17) is 0 Å². The van der Waals surface area contributed by atoms with Crippen LogP contribution in [0.2, 0.25) is 0 Å². The van der Waals surface area contributed by atoms with Crippen LogP contribution in [0.15, 0.2) is 0 Å². The molecular weight excluding hydrogens is 194 g/mol. The SMILES string of the molecule is CCCCN(C(=O)CCS)C(C)CC. The monoisotopic (exact) mass is 217 g/mol. The van der Waals surface area contributed by atoms with Crippen LogP contribution in [0.4, 0.5) is 0 Å². The average Bonchev–Trinajstić information content (AvgIpc) is 2.18. The molecule has 0 aliphatic rings. The molecule has 0 rings (SSSR count). The first-order valence-corrected chi connectivity index (χ1v) is 6.20. The fourth-order valence-electron chi connectivity index (χ4n) is 1.38. The van der Waals surface area contributed by atoms with Crippen LogP contribution in [0.5, 0.6) is 0 Å². The Kier molecular flexibility index (Phi) is 8.05. The standard InChI is InChI=1S/C11H23NOS/c1-4-6-8-12(10(3)5-2)11(13)7-9-14/h10,14H,4-9H2,1-3H3. The van der Waals surface area contributed by atoms with Gasteiger partial charge in [-0.1, -0.05) is 20.3 Å². The lowest BCUT2D eigenvalue weighted by molar-refractivity contribution is -0.132. The summed E-state index contributed by atoms with van der Waals surface area (Å²) in [6.07, 6.45) is 3.84. The molecule has 3 heteroatoms. The van der Waals surface area contributed by atoms with Gasteiger partial charge in [-0.15, -0.1) is 0 Å². The maximum absolute atomic E-state index is 11.7. The van der Waals surface area contributed by atoms with E-state index >= 15 is 0 Å². The minimum Gasteiger partial charge on any atom is -0.340 e. The van der Waals surface area contributed by atoms with Crippen molar-refractivity contribution in [3.8, 4) is 0 Å². The van der Waals surface area contributed by atoms with E-state index in [-0.39, 0.29) is 5.91 Å². The quantitative estimate of drug-likeness (QED) is 0.650. The van der Waals surface area contributed by atoms with Crippen molar-refractivity contribution in [2.45, 2.75) is 52.5 Å². The molecule has 0 aromatic heterocycles. The van der Waals surface area contributed by atoms with Crippen molar-refractivity contribution in [1.82, 2.24) is 4.90 Å². The van der Waals surface area contributed by atoms with Crippen LogP contribution < -0.4 is 0 Å². The van der Waals surface area contributed by atoms with Gasteiger partial charge in [-0.25, -0.2) is 0 Å². The van der Waals surface area contributed by atoms with Crippen LogP contribution >= 0.6 is 12.6 Å². The summed E-state index contributed by atoms with van der Waals surface area (Å²) >= 11 is 4.10. The van der Waals surface area contributed by atoms with Gasteiger partial charge in [-0.2, -0.15) is 12.6 Å². The van der Waals surface area contributed by atoms with Crippen molar-refractivity contribution in [2.75, 3.05) is 12.3 Å². The fraction of sp³-hybridized carbons (Fsp3) is 0.909. The molecule has 0 radical (unpaired) electrons. The lowest BCUT2D eigenvalue weighted by Gasteiger charge is -2.28. The van der Waals surface area contributed by atoms with E-state index < -0.39 is 0 Å². The van der Waals surface area contributed by atoms with Gasteiger partial charge in [0.05, 0.1) is 0 Å². The molecule has 0 spiro atoms. The highest BCUT2D eigenvalue weighted by Gasteiger charge is 2.16. The van der Waals surface area contributed by atoms with Crippen molar-refractivity contribution in [2.24, 2.45) is 0 Å². The Morgan fingerprint density at radius 3 is 2.50 bits per heavy atom. The molecule has 2 nitrogen and oxygen atoms in total. The van der Waals surface area contributed by atoms with Crippen molar-refractivity contribution in [3.05, 3.63) is 0 Å². The van der Waals surface area contributed by atoms with E-state index in [1.165, 1.54) is 0 Å². The zero-order valence-corrected chi connectivity index (χ0v) is 10.5. The van der Waals surface area contributed by atoms with Crippen LogP contribution in [0, 0.1) is 0 Å². The Morgan fingerprint density at radius 1 is 1.43 bits per heavy atom. The number of unbranched alkanes of at least 4 members (excludes halogenated alkanes) is 1. The topological polar surface area (TPSA) is 20.3 Å². The van der Waals surface area contributed by atoms with Gasteiger partial charge in [-0.05, 0) is 25.5 Å². The van der Waals surface area contributed by atoms with Gasteiger partial charge in [0.1, 0.15) is 0 Å². The van der Waals surface area contributed by atoms with Gasteiger partial charge in [-0.3, -0.25) is 4.79 Å². The summed E-state index contributed by atoms with van der Waals surface area (Å²) in [4.78, 5) is 13.7. The molecule has 0 saturated carbocycles. The largest absolute Gasteiger partial charge is 0.340 e. The second-order valence-electron chi connectivity index (χ2n) is 3.67. The second kappa shape index (κ2) is 8.16. The molecule has 0 N–H and O–H groups in total. The maximum atomic E-state index is 11.7. The minimum absolute atomic E-state index is 0.253. The summed E-state index contributed by atoms with van der Waals surface area (Å²) in [5.74, 6) is 0.903. The number of amides is 1. The van der Waals surface area contributed by atoms with E-state index in [1.807, 2.05) is 4.90 Å². The lowest BCUT2D eigenvalue weighted by Crippen LogP contribution is -2.39. The third-order valence-corrected chi connectivity index (χ3v) is 2.75. The first-order chi connectivity index (χ1) is 6.67. The Bertz CT molecular complexity index is 161. The summed E-state index contributed by atoms with van der Waals surface area (Å²) in [6.45, 7) is 7.29. The van der Waals surface area contributed by atoms with E-state index in [2.05, 4.69) is 33.4 Å². The third-order valence-electron chi connectivity index (χ3n) is 2.52. The summed E-state index contributed by atoms with van der Waals surface area (Å²) in [6, 6.07) is 0.369. The first-order valence-electron chi connectivity index (χ1n) is 5.57. The van der Waals surface area contributed by atoms with Gasteiger partial charge >= 0.3 is 0 Å². The molecular formula is C11H23NOS. The molecule has 84 valence electrons. The average molecular weight is 217 g/mol. The van der Waals surface area contributed by atoms with Crippen LogP contribution in [0.1, 0.15) is 46.5 Å². The summed E-state index contributed by atoms with van der Waals surface area (Å²) < 4.78 is 0. The van der Waals surface area contributed by atoms with E-state index in [0.29, 0.717) is 18.2 Å². The number of carbonyl (C=O) groups excluding carboxylic acids is 1. The van der Waals surface area contributed by atoms with Crippen molar-refractivity contribution < 1.29 is 4.79 Å². The molecule has 0 fully saturated rings. The van der Waals surface area contributed by atoms with Gasteiger partial charge in [0, 0.05) is 19.0 Å². The number of carbonyl (C=O) groups is 1. The molecule has 0 aromatic rings. The highest BCUT2D eigenvalue weighted by Crippen LogP contribution is 2.08. The minimum atomic E-state index is 0.253. The van der Waals surface area contributed by atoms with Crippen molar-refractivity contribution >= 4 is 18.5 Å². The Balaban J connectivity index is 4.15. The maximum Gasteiger partial charge on any atom is 0.223 e. The highest BCUT2D eigenvalue weighted by molar-refractivity contribution is 7.80. The zero-order valence-electron chi connectivity index (χ0n) is 9.62. The number of thiol groups is 1. The fourth-order valence-corrected chi connectivity index (χ4v) is 1.57. The van der Waals surface area contributed by atoms with Crippen LogP contribution in [-0.2, 0) is 4.79 Å². The molecule has 14 heavy (non-hydrogen) atoms. The predicted molar refractivity (Wildman–Crippen MR) is 64.8 cm³/mol. The number of hydrogen-bond donors (Lipinski definition) is 1. The molecule has 0 aliphatic carbocycles. The van der Waals surface area contributed by atoms with Crippen LogP contribution in [0.25, 0.3) is 0 Å². The Hall–Kier alpha value is -0.180. The molecule has 1 amide bonds. The van der Waals surface area contributed by atoms with Crippen LogP contribution in [0.3, 0.4) is 0 Å². The highest BCUT2D eigenvalue weighted by atomic mass is 32.1. The zero-order chi connectivity index (χ0) is 11.0. The van der Waals surface area contributed by atoms with E-state index in [0.717, 1.165) is 25.8 Å². The Labute approximate surface area is 93.5 Å². The third kappa shape index (κ3) is 4.89. The smallest absolute Gasteiger partial charge is 0.223 e. The van der Waals surface area contributed by atoms with Gasteiger partial charge < -0.3 is 4.90 Å². The number of nitrogens with zero attached hydrogens (tertiary/aromatic N) is 1. The molecule has 1 unspecified atom stereocenters. The number of rotatable bonds is 7. The Morgan fingerprint density at radius 2 is 2.07 bits per heavy atom. The summed E-state index contributed by atoms with van der Waals surface area (Å²) in [5, 5.41) is 0. The molecule has 0 aromatic carbocycles. The molecule has 1 atom stereocenters. The predicted octanol–water partition coefficient (Wildman–Crippen LogP) is 2.73. The second-order valence-corrected chi connectivity index (χ2v) is 4.12. The lowest BCUT2D eigenvalue weighted by atomic mass is 10.2. The van der Waals surface area contributed by atoms with E-state index in [1.54, 1.807) is 0 Å². The normalized spacial score (nSPS) is 12.6. The molecule has 0 bridgehead atoms. The molecule has 0 saturated heterocycles. The molecule has 0 aliphatic heterocycles. The van der Waals surface area contributed by atoms with E-state index in [9.17, 15) is 4.79 Å². The molecule has 0 heterocycles. The van der Waals surface area contributed by atoms with Crippen LogP contribution in [-0.4, -0.2) is 29.1 Å². The van der Waals surface area contributed by atoms with Crippen molar-refractivity contribution in [3.63, 3.8) is 0 Å². The number of hydrogen-bond acceptors (Lipinski definition) is 2. The summed E-state index contributed by atoms with van der Waals surface area (Å²) in [7, 11) is 0. The van der Waals surface area contributed by atoms with Gasteiger partial charge in [0.2, 0.25) is 5.91 Å².